The Bertz CT molecular complexity index is 693. The van der Waals surface area contributed by atoms with Crippen LogP contribution in [0, 0.1) is 13.8 Å². The standard InChI is InChI=1S/C17H21N3O2S/c1-12-3-4-14(9-13(12)2)15-11-23-17(18-15)19-16(21)10-20-5-7-22-8-6-20/h3-4,9,11H,5-8,10H2,1-2H3,(H,18,19,21)/p+1. The van der Waals surface area contributed by atoms with Crippen molar-refractivity contribution in [1.82, 2.24) is 4.98 Å². The summed E-state index contributed by atoms with van der Waals surface area (Å²) in [7, 11) is 0. The van der Waals surface area contributed by atoms with E-state index < -0.39 is 0 Å². The number of nitrogens with zero attached hydrogens (tertiary/aromatic N) is 1. The van der Waals surface area contributed by atoms with Crippen molar-refractivity contribution in [3.63, 3.8) is 0 Å². The fourth-order valence-electron chi connectivity index (χ4n) is 2.59. The Hall–Kier alpha value is -1.76. The normalized spacial score (nSPS) is 15.6. The average Bonchev–Trinajstić information content (AvgIpc) is 2.99. The molecule has 0 spiro atoms. The van der Waals surface area contributed by atoms with E-state index in [0.717, 1.165) is 37.6 Å². The molecule has 2 aromatic rings. The van der Waals surface area contributed by atoms with Crippen LogP contribution in [0.2, 0.25) is 0 Å². The molecule has 3 rings (SSSR count). The summed E-state index contributed by atoms with van der Waals surface area (Å²) >= 11 is 1.47. The van der Waals surface area contributed by atoms with Gasteiger partial charge in [0, 0.05) is 10.9 Å². The molecule has 1 saturated heterocycles. The molecule has 0 saturated carbocycles. The third kappa shape index (κ3) is 4.16. The zero-order valence-corrected chi connectivity index (χ0v) is 14.3. The monoisotopic (exact) mass is 332 g/mol. The number of amides is 1. The van der Waals surface area contributed by atoms with Crippen molar-refractivity contribution in [2.45, 2.75) is 13.8 Å². The Morgan fingerprint density at radius 3 is 2.83 bits per heavy atom. The molecule has 0 bridgehead atoms. The Morgan fingerprint density at radius 1 is 1.30 bits per heavy atom. The summed E-state index contributed by atoms with van der Waals surface area (Å²) in [6.07, 6.45) is 0. The second kappa shape index (κ2) is 7.21. The maximum absolute atomic E-state index is 12.1. The van der Waals surface area contributed by atoms with Crippen molar-refractivity contribution in [3.05, 3.63) is 34.7 Å². The molecule has 0 radical (unpaired) electrons. The average molecular weight is 332 g/mol. The van der Waals surface area contributed by atoms with E-state index >= 15 is 0 Å². The van der Waals surface area contributed by atoms with E-state index in [1.807, 2.05) is 5.38 Å². The van der Waals surface area contributed by atoms with Crippen LogP contribution >= 0.6 is 11.3 Å². The summed E-state index contributed by atoms with van der Waals surface area (Å²) in [6.45, 7) is 7.91. The number of nitrogens with one attached hydrogen (secondary N) is 2. The number of quaternary nitrogens is 1. The molecule has 122 valence electrons. The molecule has 0 unspecified atom stereocenters. The van der Waals surface area contributed by atoms with Gasteiger partial charge in [0.15, 0.2) is 11.7 Å². The first kappa shape index (κ1) is 16.1. The molecule has 0 atom stereocenters. The number of hydrogen-bond acceptors (Lipinski definition) is 4. The number of ether oxygens (including phenoxy) is 1. The van der Waals surface area contributed by atoms with E-state index in [1.165, 1.54) is 27.4 Å². The predicted molar refractivity (Wildman–Crippen MR) is 92.0 cm³/mol. The maximum Gasteiger partial charge on any atom is 0.281 e. The van der Waals surface area contributed by atoms with Crippen molar-refractivity contribution >= 4 is 22.4 Å². The lowest BCUT2D eigenvalue weighted by molar-refractivity contribution is -0.899. The summed E-state index contributed by atoms with van der Waals surface area (Å²) in [5.41, 5.74) is 4.51. The van der Waals surface area contributed by atoms with E-state index in [1.54, 1.807) is 0 Å². The van der Waals surface area contributed by atoms with Crippen LogP contribution in [-0.2, 0) is 9.53 Å². The van der Waals surface area contributed by atoms with Gasteiger partial charge in [-0.3, -0.25) is 10.1 Å². The Labute approximate surface area is 140 Å². The number of aromatic nitrogens is 1. The van der Waals surface area contributed by atoms with Gasteiger partial charge in [-0.2, -0.15) is 0 Å². The van der Waals surface area contributed by atoms with Gasteiger partial charge in [-0.25, -0.2) is 4.98 Å². The van der Waals surface area contributed by atoms with E-state index in [2.05, 4.69) is 42.3 Å². The molecule has 0 aliphatic carbocycles. The van der Waals surface area contributed by atoms with Crippen LogP contribution < -0.4 is 10.2 Å². The number of aryl methyl sites for hydroxylation is 2. The lowest BCUT2D eigenvalue weighted by Crippen LogP contribution is -3.15. The maximum atomic E-state index is 12.1. The van der Waals surface area contributed by atoms with Crippen molar-refractivity contribution in [1.29, 1.82) is 0 Å². The predicted octanol–water partition coefficient (Wildman–Crippen LogP) is 1.28. The van der Waals surface area contributed by atoms with E-state index in [9.17, 15) is 4.79 Å². The molecule has 2 N–H and O–H groups in total. The van der Waals surface area contributed by atoms with Crippen LogP contribution in [0.3, 0.4) is 0 Å². The lowest BCUT2D eigenvalue weighted by atomic mass is 10.1. The third-order valence-electron chi connectivity index (χ3n) is 4.16. The van der Waals surface area contributed by atoms with Gasteiger partial charge < -0.3 is 9.64 Å². The van der Waals surface area contributed by atoms with Crippen molar-refractivity contribution < 1.29 is 14.4 Å². The number of morpholine rings is 1. The zero-order chi connectivity index (χ0) is 16.2. The third-order valence-corrected chi connectivity index (χ3v) is 4.92. The molecule has 1 aromatic heterocycles. The summed E-state index contributed by atoms with van der Waals surface area (Å²) in [4.78, 5) is 17.9. The molecule has 1 aromatic carbocycles. The molecule has 6 heteroatoms. The lowest BCUT2D eigenvalue weighted by Gasteiger charge is -2.22. The molecule has 1 aliphatic heterocycles. The van der Waals surface area contributed by atoms with Crippen molar-refractivity contribution in [3.8, 4) is 11.3 Å². The minimum atomic E-state index is 0.0166. The Balaban J connectivity index is 1.62. The number of hydrogen-bond donors (Lipinski definition) is 2. The first-order valence-corrected chi connectivity index (χ1v) is 8.74. The van der Waals surface area contributed by atoms with E-state index in [-0.39, 0.29) is 5.91 Å². The van der Waals surface area contributed by atoms with Crippen molar-refractivity contribution in [2.24, 2.45) is 0 Å². The topological polar surface area (TPSA) is 55.7 Å². The molecular weight excluding hydrogens is 310 g/mol. The van der Waals surface area contributed by atoms with Gasteiger partial charge in [-0.1, -0.05) is 12.1 Å². The van der Waals surface area contributed by atoms with Gasteiger partial charge >= 0.3 is 0 Å². The highest BCUT2D eigenvalue weighted by Gasteiger charge is 2.18. The first-order valence-electron chi connectivity index (χ1n) is 7.86. The van der Waals surface area contributed by atoms with Crippen LogP contribution in [0.25, 0.3) is 11.3 Å². The molecule has 5 nitrogen and oxygen atoms in total. The summed E-state index contributed by atoms with van der Waals surface area (Å²) in [5.74, 6) is 0.0166. The van der Waals surface area contributed by atoms with Gasteiger partial charge in [0.2, 0.25) is 0 Å². The first-order chi connectivity index (χ1) is 11.1. The highest BCUT2D eigenvalue weighted by Crippen LogP contribution is 2.26. The van der Waals surface area contributed by atoms with Gasteiger partial charge in [-0.05, 0) is 31.0 Å². The highest BCUT2D eigenvalue weighted by molar-refractivity contribution is 7.14. The zero-order valence-electron chi connectivity index (χ0n) is 13.5. The molecule has 2 heterocycles. The van der Waals surface area contributed by atoms with Crippen LogP contribution in [0.15, 0.2) is 23.6 Å². The van der Waals surface area contributed by atoms with Crippen molar-refractivity contribution in [2.75, 3.05) is 38.2 Å². The minimum absolute atomic E-state index is 0.0166. The number of carbonyl (C=O) groups is 1. The summed E-state index contributed by atoms with van der Waals surface area (Å²) in [5, 5.41) is 5.56. The summed E-state index contributed by atoms with van der Waals surface area (Å²) < 4.78 is 5.31. The molecule has 1 aliphatic rings. The minimum Gasteiger partial charge on any atom is -0.370 e. The van der Waals surface area contributed by atoms with Crippen LogP contribution in [0.1, 0.15) is 11.1 Å². The molecule has 1 amide bonds. The van der Waals surface area contributed by atoms with Crippen LogP contribution in [0.4, 0.5) is 5.13 Å². The SMILES string of the molecule is Cc1ccc(-c2csc(NC(=O)C[NH+]3CCOCC3)n2)cc1C. The van der Waals surface area contributed by atoms with Gasteiger partial charge in [0.05, 0.1) is 18.9 Å². The largest absolute Gasteiger partial charge is 0.370 e. The van der Waals surface area contributed by atoms with Gasteiger partial charge in [0.1, 0.15) is 13.1 Å². The number of anilines is 1. The number of carbonyl (C=O) groups excluding carboxylic acids is 1. The number of rotatable bonds is 4. The smallest absolute Gasteiger partial charge is 0.281 e. The second-order valence-corrected chi connectivity index (χ2v) is 6.78. The van der Waals surface area contributed by atoms with Gasteiger partial charge in [0.25, 0.3) is 5.91 Å². The van der Waals surface area contributed by atoms with Crippen LogP contribution in [0.5, 0.6) is 0 Å². The molecule has 23 heavy (non-hydrogen) atoms. The van der Waals surface area contributed by atoms with E-state index in [4.69, 9.17) is 4.74 Å². The summed E-state index contributed by atoms with van der Waals surface area (Å²) in [6, 6.07) is 6.30. The Kier molecular flexibility index (Phi) is 5.05. The fraction of sp³-hybridized carbons (Fsp3) is 0.412. The quantitative estimate of drug-likeness (QED) is 0.887. The molecular formula is C17H22N3O2S+. The van der Waals surface area contributed by atoms with Crippen LogP contribution in [-0.4, -0.2) is 43.7 Å². The molecule has 1 fully saturated rings. The highest BCUT2D eigenvalue weighted by atomic mass is 32.1. The van der Waals surface area contributed by atoms with E-state index in [0.29, 0.717) is 11.7 Å². The number of thiazole rings is 1. The van der Waals surface area contributed by atoms with Gasteiger partial charge in [-0.15, -0.1) is 11.3 Å². The Morgan fingerprint density at radius 2 is 2.09 bits per heavy atom. The number of benzene rings is 1. The second-order valence-electron chi connectivity index (χ2n) is 5.92. The fourth-order valence-corrected chi connectivity index (χ4v) is 3.33.